The molecule has 19 heavy (non-hydrogen) atoms. The van der Waals surface area contributed by atoms with Gasteiger partial charge in [-0.15, -0.1) is 0 Å². The van der Waals surface area contributed by atoms with Crippen molar-refractivity contribution in [2.75, 3.05) is 25.1 Å². The summed E-state index contributed by atoms with van der Waals surface area (Å²) >= 11 is 0. The first-order valence-electron chi connectivity index (χ1n) is 7.29. The molecule has 2 unspecified atom stereocenters. The predicted octanol–water partition coefficient (Wildman–Crippen LogP) is 2.96. The van der Waals surface area contributed by atoms with Crippen molar-refractivity contribution in [2.45, 2.75) is 38.8 Å². The fourth-order valence-electron chi connectivity index (χ4n) is 2.74. The standard InChI is InChI=1S/C16H26N2O/c1-4-15(17)13-5-7-14(8-6-13)18-10-9-12(2)16(11-18)19-3/h5-8,12,15-16H,4,9-11,17H2,1-3H3/t12?,15-,16?/m1/s1. The second kappa shape index (κ2) is 6.40. The molecule has 1 aliphatic rings. The van der Waals surface area contributed by atoms with Crippen LogP contribution in [0.1, 0.15) is 38.3 Å². The van der Waals surface area contributed by atoms with Gasteiger partial charge < -0.3 is 15.4 Å². The Balaban J connectivity index is 2.06. The van der Waals surface area contributed by atoms with Gasteiger partial charge in [-0.1, -0.05) is 26.0 Å². The molecular formula is C16H26N2O. The smallest absolute Gasteiger partial charge is 0.0772 e. The Kier molecular flexibility index (Phi) is 4.83. The molecule has 1 aliphatic heterocycles. The third-order valence-corrected chi connectivity index (χ3v) is 4.32. The highest BCUT2D eigenvalue weighted by molar-refractivity contribution is 5.48. The van der Waals surface area contributed by atoms with E-state index in [1.807, 2.05) is 7.11 Å². The number of nitrogens with two attached hydrogens (primary N) is 1. The van der Waals surface area contributed by atoms with E-state index in [0.29, 0.717) is 12.0 Å². The van der Waals surface area contributed by atoms with Gasteiger partial charge in [0.05, 0.1) is 6.10 Å². The Morgan fingerprint density at radius 1 is 1.37 bits per heavy atom. The Morgan fingerprint density at radius 2 is 2.05 bits per heavy atom. The zero-order valence-corrected chi connectivity index (χ0v) is 12.3. The maximum absolute atomic E-state index is 6.05. The van der Waals surface area contributed by atoms with Crippen LogP contribution < -0.4 is 10.6 Å². The Morgan fingerprint density at radius 3 is 2.63 bits per heavy atom. The van der Waals surface area contributed by atoms with Crippen LogP contribution in [0, 0.1) is 5.92 Å². The molecule has 2 N–H and O–H groups in total. The second-order valence-electron chi connectivity index (χ2n) is 5.59. The number of rotatable bonds is 4. The number of ether oxygens (including phenoxy) is 1. The van der Waals surface area contributed by atoms with Crippen molar-refractivity contribution in [3.63, 3.8) is 0 Å². The minimum absolute atomic E-state index is 0.155. The van der Waals surface area contributed by atoms with E-state index in [2.05, 4.69) is 43.0 Å². The number of hydrogen-bond acceptors (Lipinski definition) is 3. The lowest BCUT2D eigenvalue weighted by Crippen LogP contribution is -2.43. The molecule has 0 aromatic heterocycles. The molecule has 0 bridgehead atoms. The average Bonchev–Trinajstić information content (AvgIpc) is 2.47. The molecule has 1 heterocycles. The molecule has 0 spiro atoms. The lowest BCUT2D eigenvalue weighted by Gasteiger charge is -2.37. The molecule has 1 aromatic rings. The van der Waals surface area contributed by atoms with Crippen LogP contribution in [0.15, 0.2) is 24.3 Å². The molecule has 0 saturated carbocycles. The number of benzene rings is 1. The van der Waals surface area contributed by atoms with Crippen molar-refractivity contribution >= 4 is 5.69 Å². The summed E-state index contributed by atoms with van der Waals surface area (Å²) in [5.74, 6) is 0.647. The van der Waals surface area contributed by atoms with Crippen LogP contribution in [0.2, 0.25) is 0 Å². The Labute approximate surface area is 116 Å². The van der Waals surface area contributed by atoms with Crippen molar-refractivity contribution in [2.24, 2.45) is 11.7 Å². The van der Waals surface area contributed by atoms with E-state index in [1.54, 1.807) is 0 Å². The first-order chi connectivity index (χ1) is 9.15. The Bertz CT molecular complexity index is 390. The fraction of sp³-hybridized carbons (Fsp3) is 0.625. The van der Waals surface area contributed by atoms with Crippen molar-refractivity contribution in [1.82, 2.24) is 0 Å². The van der Waals surface area contributed by atoms with Crippen LogP contribution in [0.25, 0.3) is 0 Å². The van der Waals surface area contributed by atoms with Gasteiger partial charge in [0.25, 0.3) is 0 Å². The van der Waals surface area contributed by atoms with Gasteiger partial charge >= 0.3 is 0 Å². The van der Waals surface area contributed by atoms with Crippen LogP contribution in [-0.4, -0.2) is 26.3 Å². The molecule has 1 fully saturated rings. The average molecular weight is 262 g/mol. The van der Waals surface area contributed by atoms with E-state index < -0.39 is 0 Å². The van der Waals surface area contributed by atoms with Gasteiger partial charge in [-0.3, -0.25) is 0 Å². The summed E-state index contributed by atoms with van der Waals surface area (Å²) in [5.41, 5.74) is 8.55. The van der Waals surface area contributed by atoms with E-state index in [4.69, 9.17) is 10.5 Å². The summed E-state index contributed by atoms with van der Waals surface area (Å²) in [6, 6.07) is 8.84. The topological polar surface area (TPSA) is 38.5 Å². The van der Waals surface area contributed by atoms with E-state index in [1.165, 1.54) is 17.7 Å². The number of hydrogen-bond donors (Lipinski definition) is 1. The highest BCUT2D eigenvalue weighted by atomic mass is 16.5. The highest BCUT2D eigenvalue weighted by Gasteiger charge is 2.26. The number of piperidine rings is 1. The zero-order chi connectivity index (χ0) is 13.8. The first kappa shape index (κ1) is 14.4. The molecule has 3 atom stereocenters. The molecule has 106 valence electrons. The van der Waals surface area contributed by atoms with Crippen LogP contribution >= 0.6 is 0 Å². The van der Waals surface area contributed by atoms with Gasteiger partial charge in [0.1, 0.15) is 0 Å². The molecule has 3 nitrogen and oxygen atoms in total. The minimum Gasteiger partial charge on any atom is -0.379 e. The lowest BCUT2D eigenvalue weighted by molar-refractivity contribution is 0.0498. The van der Waals surface area contributed by atoms with Crippen molar-refractivity contribution in [1.29, 1.82) is 0 Å². The number of nitrogens with zero attached hydrogens (tertiary/aromatic N) is 1. The molecule has 0 aliphatic carbocycles. The highest BCUT2D eigenvalue weighted by Crippen LogP contribution is 2.26. The first-order valence-corrected chi connectivity index (χ1v) is 7.29. The largest absolute Gasteiger partial charge is 0.379 e. The summed E-state index contributed by atoms with van der Waals surface area (Å²) in [4.78, 5) is 2.41. The van der Waals surface area contributed by atoms with Gasteiger partial charge in [-0.2, -0.15) is 0 Å². The predicted molar refractivity (Wildman–Crippen MR) is 80.5 cm³/mol. The summed E-state index contributed by atoms with van der Waals surface area (Å²) in [6.45, 7) is 6.49. The molecule has 1 aromatic carbocycles. The zero-order valence-electron chi connectivity index (χ0n) is 12.3. The SMILES string of the molecule is CC[C@@H](N)c1ccc(N2CCC(C)C(OC)C2)cc1. The van der Waals surface area contributed by atoms with Gasteiger partial charge in [0.2, 0.25) is 0 Å². The van der Waals surface area contributed by atoms with Gasteiger partial charge in [0, 0.05) is 31.9 Å². The van der Waals surface area contributed by atoms with E-state index in [0.717, 1.165) is 19.5 Å². The third kappa shape index (κ3) is 3.28. The monoisotopic (exact) mass is 262 g/mol. The van der Waals surface area contributed by atoms with Gasteiger partial charge in [-0.25, -0.2) is 0 Å². The fourth-order valence-corrected chi connectivity index (χ4v) is 2.74. The molecule has 0 radical (unpaired) electrons. The normalized spacial score (nSPS) is 25.4. The Hall–Kier alpha value is -1.06. The summed E-state index contributed by atoms with van der Waals surface area (Å²) in [5, 5.41) is 0. The molecule has 3 heteroatoms. The van der Waals surface area contributed by atoms with Gasteiger partial charge in [-0.05, 0) is 36.5 Å². The second-order valence-corrected chi connectivity index (χ2v) is 5.59. The van der Waals surface area contributed by atoms with Crippen LogP contribution in [0.3, 0.4) is 0 Å². The van der Waals surface area contributed by atoms with Crippen molar-refractivity contribution < 1.29 is 4.74 Å². The summed E-state index contributed by atoms with van der Waals surface area (Å²) < 4.78 is 5.57. The summed E-state index contributed by atoms with van der Waals surface area (Å²) in [7, 11) is 1.81. The van der Waals surface area contributed by atoms with Crippen molar-refractivity contribution in [3.8, 4) is 0 Å². The van der Waals surface area contributed by atoms with E-state index >= 15 is 0 Å². The number of anilines is 1. The summed E-state index contributed by atoms with van der Waals surface area (Å²) in [6.07, 6.45) is 2.51. The van der Waals surface area contributed by atoms with Crippen LogP contribution in [0.5, 0.6) is 0 Å². The molecule has 0 amide bonds. The van der Waals surface area contributed by atoms with Crippen LogP contribution in [0.4, 0.5) is 5.69 Å². The van der Waals surface area contributed by atoms with Crippen molar-refractivity contribution in [3.05, 3.63) is 29.8 Å². The number of methoxy groups -OCH3 is 1. The van der Waals surface area contributed by atoms with E-state index in [9.17, 15) is 0 Å². The minimum atomic E-state index is 0.155. The van der Waals surface area contributed by atoms with E-state index in [-0.39, 0.29) is 6.04 Å². The molecule has 1 saturated heterocycles. The quantitative estimate of drug-likeness (QED) is 0.906. The maximum Gasteiger partial charge on any atom is 0.0772 e. The maximum atomic E-state index is 6.05. The third-order valence-electron chi connectivity index (χ3n) is 4.32. The molecular weight excluding hydrogens is 236 g/mol. The van der Waals surface area contributed by atoms with Gasteiger partial charge in [0.15, 0.2) is 0 Å². The molecule has 2 rings (SSSR count). The van der Waals surface area contributed by atoms with Crippen LogP contribution in [-0.2, 0) is 4.74 Å². The lowest BCUT2D eigenvalue weighted by atomic mass is 9.95.